The van der Waals surface area contributed by atoms with Gasteiger partial charge in [-0.15, -0.1) is 0 Å². The van der Waals surface area contributed by atoms with Gasteiger partial charge in [-0.05, 0) is 96.3 Å². The number of unbranched alkanes of at least 4 members (excludes halogenated alkanes) is 35. The summed E-state index contributed by atoms with van der Waals surface area (Å²) in [5.41, 5.74) is 0. The van der Waals surface area contributed by atoms with Crippen molar-refractivity contribution in [2.45, 2.75) is 329 Å². The summed E-state index contributed by atoms with van der Waals surface area (Å²) in [4.78, 5) is 38.1. The molecule has 0 amide bonds. The van der Waals surface area contributed by atoms with E-state index < -0.39 is 6.10 Å². The summed E-state index contributed by atoms with van der Waals surface area (Å²) in [6.45, 7) is 6.46. The summed E-state index contributed by atoms with van der Waals surface area (Å²) < 4.78 is 16.8. The minimum Gasteiger partial charge on any atom is -0.462 e. The van der Waals surface area contributed by atoms with Crippen LogP contribution in [0.5, 0.6) is 0 Å². The molecular formula is C68H120O6. The molecule has 0 saturated carbocycles. The van der Waals surface area contributed by atoms with E-state index in [2.05, 4.69) is 87.6 Å². The smallest absolute Gasteiger partial charge is 0.306 e. The van der Waals surface area contributed by atoms with Crippen molar-refractivity contribution in [3.8, 4) is 0 Å². The van der Waals surface area contributed by atoms with Gasteiger partial charge in [0.2, 0.25) is 0 Å². The molecule has 1 unspecified atom stereocenters. The molecule has 0 aromatic heterocycles. The van der Waals surface area contributed by atoms with Gasteiger partial charge in [0, 0.05) is 19.3 Å². The Bertz CT molecular complexity index is 1370. The van der Waals surface area contributed by atoms with Crippen LogP contribution in [-0.4, -0.2) is 37.2 Å². The van der Waals surface area contributed by atoms with Crippen LogP contribution in [0.25, 0.3) is 0 Å². The molecule has 6 nitrogen and oxygen atoms in total. The second-order valence-corrected chi connectivity index (χ2v) is 21.3. The lowest BCUT2D eigenvalue weighted by Crippen LogP contribution is -2.30. The molecule has 0 fully saturated rings. The molecule has 0 spiro atoms. The van der Waals surface area contributed by atoms with E-state index in [0.29, 0.717) is 19.3 Å². The van der Waals surface area contributed by atoms with Gasteiger partial charge < -0.3 is 14.2 Å². The second kappa shape index (κ2) is 62.4. The molecule has 0 aromatic rings. The van der Waals surface area contributed by atoms with Gasteiger partial charge >= 0.3 is 17.9 Å². The van der Waals surface area contributed by atoms with E-state index in [1.165, 1.54) is 199 Å². The molecule has 74 heavy (non-hydrogen) atoms. The van der Waals surface area contributed by atoms with Gasteiger partial charge in [0.15, 0.2) is 6.10 Å². The van der Waals surface area contributed by atoms with E-state index in [4.69, 9.17) is 14.2 Å². The summed E-state index contributed by atoms with van der Waals surface area (Å²) in [6, 6.07) is 0. The second-order valence-electron chi connectivity index (χ2n) is 21.3. The van der Waals surface area contributed by atoms with Crippen LogP contribution in [0.3, 0.4) is 0 Å². The zero-order chi connectivity index (χ0) is 53.6. The molecule has 6 heteroatoms. The Hall–Kier alpha value is -3.15. The summed E-state index contributed by atoms with van der Waals surface area (Å²) in [5.74, 6) is -0.986. The van der Waals surface area contributed by atoms with Gasteiger partial charge in [-0.2, -0.15) is 0 Å². The van der Waals surface area contributed by atoms with E-state index >= 15 is 0 Å². The first kappa shape index (κ1) is 70.8. The maximum Gasteiger partial charge on any atom is 0.306 e. The predicted octanol–water partition coefficient (Wildman–Crippen LogP) is 21.7. The molecule has 0 aromatic carbocycles. The van der Waals surface area contributed by atoms with E-state index in [9.17, 15) is 14.4 Å². The first-order valence-electron chi connectivity index (χ1n) is 31.9. The van der Waals surface area contributed by atoms with Crippen LogP contribution < -0.4 is 0 Å². The van der Waals surface area contributed by atoms with E-state index in [0.717, 1.165) is 77.0 Å². The van der Waals surface area contributed by atoms with Crippen molar-refractivity contribution in [3.63, 3.8) is 0 Å². The number of hydrogen-bond acceptors (Lipinski definition) is 6. The van der Waals surface area contributed by atoms with Gasteiger partial charge in [0.25, 0.3) is 0 Å². The van der Waals surface area contributed by atoms with Crippen molar-refractivity contribution >= 4 is 17.9 Å². The van der Waals surface area contributed by atoms with Crippen LogP contribution in [-0.2, 0) is 28.6 Å². The van der Waals surface area contributed by atoms with Crippen molar-refractivity contribution in [1.82, 2.24) is 0 Å². The highest BCUT2D eigenvalue weighted by Gasteiger charge is 2.19. The van der Waals surface area contributed by atoms with Crippen LogP contribution in [0, 0.1) is 0 Å². The maximum absolute atomic E-state index is 12.8. The highest BCUT2D eigenvalue weighted by atomic mass is 16.6. The van der Waals surface area contributed by atoms with Crippen LogP contribution in [0.2, 0.25) is 0 Å². The molecule has 0 heterocycles. The van der Waals surface area contributed by atoms with Gasteiger partial charge in [0.1, 0.15) is 13.2 Å². The van der Waals surface area contributed by atoms with Gasteiger partial charge in [0.05, 0.1) is 0 Å². The first-order valence-corrected chi connectivity index (χ1v) is 31.9. The fraction of sp³-hybridized carbons (Fsp3) is 0.779. The van der Waals surface area contributed by atoms with Gasteiger partial charge in [-0.25, -0.2) is 0 Å². The molecule has 0 saturated heterocycles. The SMILES string of the molecule is CC/C=C\C/C=C\C/C=C\C/C=C\CCC(=O)OC(COC(=O)CCCCCCC/C=C\CCCCC)COC(=O)CCCCCCCCCCCCCCCCCCCCC/C=C\CCCCCCCCCC. The minimum absolute atomic E-state index is 0.104. The topological polar surface area (TPSA) is 78.9 Å². The highest BCUT2D eigenvalue weighted by molar-refractivity contribution is 5.71. The van der Waals surface area contributed by atoms with Crippen LogP contribution in [0.15, 0.2) is 72.9 Å². The lowest BCUT2D eigenvalue weighted by molar-refractivity contribution is -0.166. The normalized spacial score (nSPS) is 12.5. The monoisotopic (exact) mass is 1030 g/mol. The quantitative estimate of drug-likeness (QED) is 0.0261. The number of rotatable bonds is 58. The van der Waals surface area contributed by atoms with Crippen molar-refractivity contribution in [2.75, 3.05) is 13.2 Å². The Labute approximate surface area is 459 Å². The highest BCUT2D eigenvalue weighted by Crippen LogP contribution is 2.17. The van der Waals surface area contributed by atoms with Crippen LogP contribution in [0.4, 0.5) is 0 Å². The largest absolute Gasteiger partial charge is 0.462 e. The molecule has 1 atom stereocenters. The molecule has 0 radical (unpaired) electrons. The molecule has 0 bridgehead atoms. The molecule has 0 N–H and O–H groups in total. The zero-order valence-electron chi connectivity index (χ0n) is 49.1. The average molecular weight is 1030 g/mol. The molecule has 0 rings (SSSR count). The van der Waals surface area contributed by atoms with Gasteiger partial charge in [-0.3, -0.25) is 14.4 Å². The van der Waals surface area contributed by atoms with E-state index in [1.807, 2.05) is 6.08 Å². The predicted molar refractivity (Wildman–Crippen MR) is 321 cm³/mol. The molecule has 0 aliphatic carbocycles. The lowest BCUT2D eigenvalue weighted by Gasteiger charge is -2.18. The van der Waals surface area contributed by atoms with E-state index in [1.54, 1.807) is 0 Å². The summed E-state index contributed by atoms with van der Waals surface area (Å²) in [5, 5.41) is 0. The van der Waals surface area contributed by atoms with Crippen molar-refractivity contribution < 1.29 is 28.6 Å². The standard InChI is InChI=1S/C68H120O6/c1-4-7-10-13-16-19-22-25-26-27-28-29-30-31-32-33-34-35-36-37-38-39-40-41-42-44-46-49-52-55-58-61-67(70)73-64-65(63-72-66(69)60-57-54-51-48-45-24-21-18-15-12-9-6-3)74-68(71)62-59-56-53-50-47-43-23-20-17-14-11-8-5-2/h8,11,17-18,20-21,27-28,43,47,53,56,65H,4-7,9-10,12-16,19,22-26,29-42,44-46,48-52,54-55,57-64H2,1-3H3/b11-8-,20-17-,21-18-,28-27-,47-43-,56-53-. The number of hydrogen-bond donors (Lipinski definition) is 0. The fourth-order valence-electron chi connectivity index (χ4n) is 9.15. The fourth-order valence-corrected chi connectivity index (χ4v) is 9.15. The Morgan fingerprint density at radius 1 is 0.284 bits per heavy atom. The third-order valence-corrected chi connectivity index (χ3v) is 13.9. The van der Waals surface area contributed by atoms with Crippen LogP contribution >= 0.6 is 0 Å². The van der Waals surface area contributed by atoms with Gasteiger partial charge in [-0.1, -0.05) is 280 Å². The number of carbonyl (C=O) groups excluding carboxylic acids is 3. The molecule has 0 aliphatic heterocycles. The molecular weight excluding hydrogens is 913 g/mol. The number of allylic oxidation sites excluding steroid dienone is 12. The van der Waals surface area contributed by atoms with Crippen LogP contribution in [0.1, 0.15) is 323 Å². The summed E-state index contributed by atoms with van der Waals surface area (Å²) in [6.07, 6.45) is 81.0. The number of esters is 3. The van der Waals surface area contributed by atoms with E-state index in [-0.39, 0.29) is 37.5 Å². The number of ether oxygens (including phenoxy) is 3. The van der Waals surface area contributed by atoms with Crippen molar-refractivity contribution in [2.24, 2.45) is 0 Å². The Kier molecular flexibility index (Phi) is 59.7. The molecule has 0 aliphatic rings. The Balaban J connectivity index is 4.13. The summed E-state index contributed by atoms with van der Waals surface area (Å²) >= 11 is 0. The number of carbonyl (C=O) groups is 3. The third-order valence-electron chi connectivity index (χ3n) is 13.9. The Morgan fingerprint density at radius 3 is 0.905 bits per heavy atom. The molecule has 428 valence electrons. The minimum atomic E-state index is -0.815. The van der Waals surface area contributed by atoms with Crippen molar-refractivity contribution in [3.05, 3.63) is 72.9 Å². The lowest BCUT2D eigenvalue weighted by atomic mass is 10.0. The first-order chi connectivity index (χ1) is 36.5. The maximum atomic E-state index is 12.8. The average Bonchev–Trinajstić information content (AvgIpc) is 3.40. The Morgan fingerprint density at radius 2 is 0.554 bits per heavy atom. The third kappa shape index (κ3) is 59.7. The zero-order valence-corrected chi connectivity index (χ0v) is 49.1. The summed E-state index contributed by atoms with van der Waals surface area (Å²) in [7, 11) is 0. The van der Waals surface area contributed by atoms with Crippen molar-refractivity contribution in [1.29, 1.82) is 0 Å².